The van der Waals surface area contributed by atoms with Crippen LogP contribution in [0.1, 0.15) is 29.9 Å². The normalized spacial score (nSPS) is 25.8. The number of hydrogen-bond donors (Lipinski definition) is 1. The van der Waals surface area contributed by atoms with Crippen molar-refractivity contribution in [1.82, 2.24) is 9.88 Å². The van der Waals surface area contributed by atoms with Gasteiger partial charge in [0.1, 0.15) is 0 Å². The molecule has 3 nitrogen and oxygen atoms in total. The number of benzene rings is 2. The third-order valence-corrected chi connectivity index (χ3v) is 7.62. The highest BCUT2D eigenvalue weighted by molar-refractivity contribution is 7.99. The van der Waals surface area contributed by atoms with E-state index in [-0.39, 0.29) is 0 Å². The molecule has 0 saturated carbocycles. The van der Waals surface area contributed by atoms with E-state index >= 15 is 0 Å². The minimum atomic E-state index is 0.477. The van der Waals surface area contributed by atoms with Crippen LogP contribution in [0.5, 0.6) is 0 Å². The van der Waals surface area contributed by atoms with Crippen LogP contribution < -0.4 is 5.73 Å². The summed E-state index contributed by atoms with van der Waals surface area (Å²) in [7, 11) is 0. The van der Waals surface area contributed by atoms with Crippen LogP contribution in [0.25, 0.3) is 0 Å². The summed E-state index contributed by atoms with van der Waals surface area (Å²) in [6, 6.07) is 21.8. The second kappa shape index (κ2) is 8.21. The molecule has 3 aliphatic heterocycles. The van der Waals surface area contributed by atoms with Crippen molar-refractivity contribution in [2.24, 2.45) is 5.92 Å². The molecule has 29 heavy (non-hydrogen) atoms. The molecule has 148 valence electrons. The lowest BCUT2D eigenvalue weighted by Gasteiger charge is -2.52. The smallest absolute Gasteiger partial charge is 0.0361 e. The van der Waals surface area contributed by atoms with Crippen molar-refractivity contribution in [3.8, 4) is 0 Å². The van der Waals surface area contributed by atoms with Crippen LogP contribution in [-0.4, -0.2) is 29.0 Å². The van der Waals surface area contributed by atoms with Crippen molar-refractivity contribution in [3.63, 3.8) is 0 Å². The minimum absolute atomic E-state index is 0.477. The summed E-state index contributed by atoms with van der Waals surface area (Å²) >= 11 is 1.85. The molecule has 4 heterocycles. The first-order valence-electron chi connectivity index (χ1n) is 10.5. The zero-order chi connectivity index (χ0) is 19.6. The molecular weight excluding hydrogens is 374 g/mol. The maximum Gasteiger partial charge on any atom is 0.0361 e. The van der Waals surface area contributed by atoms with E-state index in [9.17, 15) is 0 Å². The molecule has 2 bridgehead atoms. The van der Waals surface area contributed by atoms with Gasteiger partial charge in [-0.3, -0.25) is 9.88 Å². The molecule has 0 spiro atoms. The Morgan fingerprint density at radius 1 is 0.966 bits per heavy atom. The molecule has 4 heteroatoms. The highest BCUT2D eigenvalue weighted by Gasteiger charge is 2.44. The molecule has 3 aliphatic rings. The number of hydrogen-bond acceptors (Lipinski definition) is 4. The number of rotatable bonds is 5. The van der Waals surface area contributed by atoms with Crippen molar-refractivity contribution >= 4 is 17.4 Å². The van der Waals surface area contributed by atoms with Crippen LogP contribution >= 0.6 is 11.8 Å². The molecule has 2 atom stereocenters. The Morgan fingerprint density at radius 3 is 2.55 bits per heavy atom. The highest BCUT2D eigenvalue weighted by Crippen LogP contribution is 2.49. The van der Waals surface area contributed by atoms with Gasteiger partial charge in [0, 0.05) is 39.8 Å². The number of anilines is 1. The van der Waals surface area contributed by atoms with Crippen LogP contribution in [0, 0.1) is 5.92 Å². The molecule has 1 aromatic heterocycles. The second-order valence-electron chi connectivity index (χ2n) is 8.21. The molecule has 2 aromatic carbocycles. The van der Waals surface area contributed by atoms with E-state index in [1.165, 1.54) is 46.8 Å². The fraction of sp³-hybridized carbons (Fsp3) is 0.320. The Bertz CT molecular complexity index is 952. The Kier molecular flexibility index (Phi) is 5.30. The molecule has 3 aromatic rings. The lowest BCUT2D eigenvalue weighted by molar-refractivity contribution is 0.0250. The third kappa shape index (κ3) is 3.79. The van der Waals surface area contributed by atoms with E-state index in [4.69, 9.17) is 5.73 Å². The zero-order valence-corrected chi connectivity index (χ0v) is 17.4. The molecule has 0 amide bonds. The average molecular weight is 402 g/mol. The van der Waals surface area contributed by atoms with Crippen LogP contribution in [0.15, 0.2) is 82.8 Å². The SMILES string of the molecule is Nc1cccc(Sc2ccccc2)c1C1C2CCN(CC2)C1Cc1cccnc1. The van der Waals surface area contributed by atoms with Gasteiger partial charge in [-0.2, -0.15) is 0 Å². The van der Waals surface area contributed by atoms with Gasteiger partial charge in [-0.1, -0.05) is 42.1 Å². The van der Waals surface area contributed by atoms with Crippen molar-refractivity contribution in [3.05, 3.63) is 84.2 Å². The number of pyridine rings is 1. The third-order valence-electron chi connectivity index (χ3n) is 6.54. The molecule has 3 saturated heterocycles. The van der Waals surface area contributed by atoms with Gasteiger partial charge in [0.25, 0.3) is 0 Å². The van der Waals surface area contributed by atoms with Gasteiger partial charge in [-0.05, 0) is 79.7 Å². The van der Waals surface area contributed by atoms with Crippen molar-refractivity contribution in [2.75, 3.05) is 18.8 Å². The molecule has 0 radical (unpaired) electrons. The van der Waals surface area contributed by atoms with Gasteiger partial charge in [0.2, 0.25) is 0 Å². The molecule has 2 N–H and O–H groups in total. The van der Waals surface area contributed by atoms with Crippen LogP contribution in [0.3, 0.4) is 0 Å². The largest absolute Gasteiger partial charge is 0.398 e. The van der Waals surface area contributed by atoms with Gasteiger partial charge in [-0.25, -0.2) is 0 Å². The Hall–Kier alpha value is -2.30. The lowest BCUT2D eigenvalue weighted by Crippen LogP contribution is -2.54. The summed E-state index contributed by atoms with van der Waals surface area (Å²) in [4.78, 5) is 9.63. The van der Waals surface area contributed by atoms with E-state index < -0.39 is 0 Å². The van der Waals surface area contributed by atoms with Gasteiger partial charge in [0.15, 0.2) is 0 Å². The number of fused-ring (bicyclic) bond motifs is 3. The van der Waals surface area contributed by atoms with Gasteiger partial charge < -0.3 is 5.73 Å². The van der Waals surface area contributed by atoms with E-state index in [1.54, 1.807) is 0 Å². The maximum absolute atomic E-state index is 6.65. The first-order chi connectivity index (χ1) is 14.3. The lowest BCUT2D eigenvalue weighted by atomic mass is 9.69. The summed E-state index contributed by atoms with van der Waals surface area (Å²) in [5, 5.41) is 0. The fourth-order valence-electron chi connectivity index (χ4n) is 5.22. The van der Waals surface area contributed by atoms with E-state index in [1.807, 2.05) is 30.2 Å². The summed E-state index contributed by atoms with van der Waals surface area (Å²) in [6.07, 6.45) is 7.47. The van der Waals surface area contributed by atoms with Crippen molar-refractivity contribution < 1.29 is 0 Å². The van der Waals surface area contributed by atoms with Crippen LogP contribution in [-0.2, 0) is 6.42 Å². The van der Waals surface area contributed by atoms with Crippen molar-refractivity contribution in [1.29, 1.82) is 0 Å². The van der Waals surface area contributed by atoms with Gasteiger partial charge in [-0.15, -0.1) is 0 Å². The highest BCUT2D eigenvalue weighted by atomic mass is 32.2. The standard InChI is InChI=1S/C25H27N3S/c26-21-9-4-10-23(29-20-7-2-1-3-8-20)25(21)24-19-11-14-28(15-12-19)22(24)16-18-6-5-13-27-17-18/h1-10,13,17,19,22,24H,11-12,14-16,26H2. The van der Waals surface area contributed by atoms with E-state index in [0.29, 0.717) is 17.9 Å². The zero-order valence-electron chi connectivity index (χ0n) is 16.6. The first kappa shape index (κ1) is 18.7. The summed E-state index contributed by atoms with van der Waals surface area (Å²) in [5.41, 5.74) is 10.3. The van der Waals surface area contributed by atoms with Crippen molar-refractivity contribution in [2.45, 2.75) is 41.0 Å². The first-order valence-corrected chi connectivity index (χ1v) is 11.4. The molecule has 6 rings (SSSR count). The average Bonchev–Trinajstić information content (AvgIpc) is 2.77. The topological polar surface area (TPSA) is 42.1 Å². The Morgan fingerprint density at radius 2 is 1.79 bits per heavy atom. The molecule has 0 aliphatic carbocycles. The maximum atomic E-state index is 6.65. The van der Waals surface area contributed by atoms with Crippen LogP contribution in [0.4, 0.5) is 5.69 Å². The van der Waals surface area contributed by atoms with Gasteiger partial charge in [0.05, 0.1) is 0 Å². The van der Waals surface area contributed by atoms with E-state index in [2.05, 4.69) is 64.5 Å². The fourth-order valence-corrected chi connectivity index (χ4v) is 6.28. The summed E-state index contributed by atoms with van der Waals surface area (Å²) < 4.78 is 0. The minimum Gasteiger partial charge on any atom is -0.398 e. The Balaban J connectivity index is 1.54. The second-order valence-corrected chi connectivity index (χ2v) is 9.32. The number of piperidine rings is 3. The molecule has 2 unspecified atom stereocenters. The molecule has 3 fully saturated rings. The Labute approximate surface area is 177 Å². The van der Waals surface area contributed by atoms with Crippen LogP contribution in [0.2, 0.25) is 0 Å². The van der Waals surface area contributed by atoms with E-state index in [0.717, 1.165) is 12.1 Å². The summed E-state index contributed by atoms with van der Waals surface area (Å²) in [6.45, 7) is 2.42. The predicted octanol–water partition coefficient (Wildman–Crippen LogP) is 5.24. The quantitative estimate of drug-likeness (QED) is 0.594. The number of aromatic nitrogens is 1. The number of nitrogen functional groups attached to an aromatic ring is 1. The number of nitrogens with zero attached hydrogens (tertiary/aromatic N) is 2. The molecular formula is C25H27N3S. The summed E-state index contributed by atoms with van der Waals surface area (Å²) in [5.74, 6) is 1.19. The van der Waals surface area contributed by atoms with Gasteiger partial charge >= 0.3 is 0 Å². The predicted molar refractivity (Wildman–Crippen MR) is 120 cm³/mol. The number of nitrogens with two attached hydrogens (primary N) is 1. The monoisotopic (exact) mass is 401 g/mol.